The Morgan fingerprint density at radius 3 is 2.30 bits per heavy atom. The zero-order valence-electron chi connectivity index (χ0n) is 18.2. The highest BCUT2D eigenvalue weighted by Crippen LogP contribution is 2.17. The van der Waals surface area contributed by atoms with Crippen molar-refractivity contribution < 1.29 is 4.92 Å². The molecule has 4 rings (SSSR count). The molecule has 0 spiro atoms. The monoisotopic (exact) mass is 443 g/mol. The summed E-state index contributed by atoms with van der Waals surface area (Å²) in [6.45, 7) is 5.82. The lowest BCUT2D eigenvalue weighted by Gasteiger charge is -2.09. The fourth-order valence-electron chi connectivity index (χ4n) is 3.01. The summed E-state index contributed by atoms with van der Waals surface area (Å²) in [5, 5.41) is 22.6. The van der Waals surface area contributed by atoms with Crippen LogP contribution in [0.4, 0.5) is 23.3 Å². The van der Waals surface area contributed by atoms with Gasteiger partial charge in [-0.25, -0.2) is 10.1 Å². The summed E-state index contributed by atoms with van der Waals surface area (Å²) < 4.78 is 1.63. The molecule has 2 N–H and O–H groups in total. The van der Waals surface area contributed by atoms with E-state index in [1.165, 1.54) is 18.3 Å². The molecule has 166 valence electrons. The fraction of sp³-hybridized carbons (Fsp3) is 0.136. The number of nitrogens with zero attached hydrogens (tertiary/aromatic N) is 7. The molecule has 0 saturated carbocycles. The van der Waals surface area contributed by atoms with E-state index < -0.39 is 4.92 Å². The van der Waals surface area contributed by atoms with Crippen LogP contribution >= 0.6 is 0 Å². The smallest absolute Gasteiger partial charge is 0.269 e. The molecule has 33 heavy (non-hydrogen) atoms. The molecule has 4 aromatic rings. The zero-order valence-corrected chi connectivity index (χ0v) is 18.2. The molecule has 0 bridgehead atoms. The number of anilines is 3. The molecule has 2 heterocycles. The van der Waals surface area contributed by atoms with Crippen LogP contribution in [0, 0.1) is 30.9 Å². The van der Waals surface area contributed by atoms with Crippen LogP contribution in [0.5, 0.6) is 0 Å². The normalized spacial score (nSPS) is 11.0. The van der Waals surface area contributed by atoms with E-state index in [2.05, 4.69) is 35.9 Å². The van der Waals surface area contributed by atoms with Gasteiger partial charge in [-0.3, -0.25) is 10.1 Å². The van der Waals surface area contributed by atoms with Crippen molar-refractivity contribution in [3.63, 3.8) is 0 Å². The summed E-state index contributed by atoms with van der Waals surface area (Å²) in [4.78, 5) is 23.7. The average molecular weight is 443 g/mol. The second-order valence-corrected chi connectivity index (χ2v) is 7.33. The summed E-state index contributed by atoms with van der Waals surface area (Å²) in [6, 6.07) is 15.8. The number of hydrogen-bond acceptors (Lipinski definition) is 9. The maximum Gasteiger partial charge on any atom is 0.269 e. The first kappa shape index (κ1) is 21.6. The van der Waals surface area contributed by atoms with Gasteiger partial charge in [-0.05, 0) is 56.7 Å². The number of benzene rings is 2. The molecule has 0 aliphatic carbocycles. The van der Waals surface area contributed by atoms with E-state index >= 15 is 0 Å². The molecular formula is C22H21N9O2. The van der Waals surface area contributed by atoms with Gasteiger partial charge >= 0.3 is 0 Å². The number of aromatic nitrogens is 5. The van der Waals surface area contributed by atoms with E-state index in [4.69, 9.17) is 0 Å². The molecule has 11 nitrogen and oxygen atoms in total. The van der Waals surface area contributed by atoms with Gasteiger partial charge in [-0.15, -0.1) is 0 Å². The molecule has 2 aromatic carbocycles. The van der Waals surface area contributed by atoms with Crippen LogP contribution in [-0.4, -0.2) is 35.9 Å². The van der Waals surface area contributed by atoms with Crippen molar-refractivity contribution in [1.29, 1.82) is 0 Å². The van der Waals surface area contributed by atoms with Crippen molar-refractivity contribution in [2.45, 2.75) is 20.8 Å². The van der Waals surface area contributed by atoms with Gasteiger partial charge in [0.05, 0.1) is 16.8 Å². The summed E-state index contributed by atoms with van der Waals surface area (Å²) >= 11 is 0. The van der Waals surface area contributed by atoms with Gasteiger partial charge in [0.25, 0.3) is 11.6 Å². The van der Waals surface area contributed by atoms with Crippen molar-refractivity contribution in [1.82, 2.24) is 24.7 Å². The number of aryl methyl sites for hydroxylation is 3. The van der Waals surface area contributed by atoms with Gasteiger partial charge in [0.2, 0.25) is 11.9 Å². The predicted molar refractivity (Wildman–Crippen MR) is 125 cm³/mol. The Bertz CT molecular complexity index is 1310. The summed E-state index contributed by atoms with van der Waals surface area (Å²) in [7, 11) is 0. The number of hydrazone groups is 1. The van der Waals surface area contributed by atoms with Crippen LogP contribution in [0.15, 0.2) is 59.7 Å². The third-order valence-corrected chi connectivity index (χ3v) is 4.61. The number of rotatable bonds is 7. The lowest BCUT2D eigenvalue weighted by Crippen LogP contribution is -2.11. The summed E-state index contributed by atoms with van der Waals surface area (Å²) in [5.74, 6) is 0.864. The Hall–Kier alpha value is -4.67. The lowest BCUT2D eigenvalue weighted by atomic mass is 10.2. The molecule has 0 atom stereocenters. The van der Waals surface area contributed by atoms with E-state index in [-0.39, 0.29) is 11.6 Å². The van der Waals surface area contributed by atoms with Gasteiger partial charge in [0.15, 0.2) is 0 Å². The molecular weight excluding hydrogens is 422 g/mol. The summed E-state index contributed by atoms with van der Waals surface area (Å²) in [6.07, 6.45) is 1.52. The highest BCUT2D eigenvalue weighted by Gasteiger charge is 2.12. The first-order chi connectivity index (χ1) is 15.9. The Morgan fingerprint density at radius 2 is 1.67 bits per heavy atom. The maximum absolute atomic E-state index is 10.8. The highest BCUT2D eigenvalue weighted by molar-refractivity contribution is 5.80. The third-order valence-electron chi connectivity index (χ3n) is 4.61. The number of nitro groups is 1. The van der Waals surface area contributed by atoms with Crippen LogP contribution < -0.4 is 10.7 Å². The topological polar surface area (TPSA) is 136 Å². The first-order valence-electron chi connectivity index (χ1n) is 10.0. The highest BCUT2D eigenvalue weighted by atomic mass is 16.6. The van der Waals surface area contributed by atoms with E-state index in [1.807, 2.05) is 51.1 Å². The predicted octanol–water partition coefficient (Wildman–Crippen LogP) is 4.08. The number of non-ortho nitro benzene ring substituents is 1. The maximum atomic E-state index is 10.8. The largest absolute Gasteiger partial charge is 0.324 e. The zero-order chi connectivity index (χ0) is 23.4. The Labute approximate surface area is 189 Å². The quantitative estimate of drug-likeness (QED) is 0.248. The van der Waals surface area contributed by atoms with Crippen molar-refractivity contribution in [3.05, 3.63) is 87.2 Å². The molecule has 0 radical (unpaired) electrons. The molecule has 2 aromatic heterocycles. The van der Waals surface area contributed by atoms with Gasteiger partial charge < -0.3 is 5.32 Å². The van der Waals surface area contributed by atoms with Crippen molar-refractivity contribution in [2.24, 2.45) is 5.10 Å². The van der Waals surface area contributed by atoms with E-state index in [9.17, 15) is 10.1 Å². The molecule has 0 unspecified atom stereocenters. The van der Waals surface area contributed by atoms with Crippen molar-refractivity contribution >= 4 is 29.5 Å². The molecule has 0 fully saturated rings. The van der Waals surface area contributed by atoms with Crippen LogP contribution in [0.25, 0.3) is 5.95 Å². The molecule has 0 saturated heterocycles. The van der Waals surface area contributed by atoms with Gasteiger partial charge in [0.1, 0.15) is 0 Å². The van der Waals surface area contributed by atoms with Gasteiger partial charge in [-0.1, -0.05) is 17.7 Å². The number of nitro benzene ring substituents is 1. The minimum Gasteiger partial charge on any atom is -0.324 e. The second kappa shape index (κ2) is 9.22. The van der Waals surface area contributed by atoms with E-state index in [1.54, 1.807) is 16.8 Å². The van der Waals surface area contributed by atoms with Crippen LogP contribution in [0.2, 0.25) is 0 Å². The standard InChI is InChI=1S/C22H21N9O2/c1-14-4-8-18(9-5-14)24-20-25-21(27-22(26-20)30-16(3)12-15(2)29-30)28-23-13-17-6-10-19(11-7-17)31(32)33/h4-13H,1-3H3,(H2,24,25,26,27,28)/b23-13-. The number of hydrogen-bond donors (Lipinski definition) is 2. The van der Waals surface area contributed by atoms with Crippen LogP contribution in [0.1, 0.15) is 22.5 Å². The minimum absolute atomic E-state index is 0.0129. The molecule has 11 heteroatoms. The Kier molecular flexibility index (Phi) is 6.02. The third kappa shape index (κ3) is 5.34. The van der Waals surface area contributed by atoms with Gasteiger partial charge in [0, 0.05) is 23.5 Å². The lowest BCUT2D eigenvalue weighted by molar-refractivity contribution is -0.384. The Balaban J connectivity index is 1.61. The van der Waals surface area contributed by atoms with Crippen molar-refractivity contribution in [2.75, 3.05) is 10.7 Å². The SMILES string of the molecule is Cc1ccc(Nc2nc(N/N=C\c3ccc([N+](=O)[O-])cc3)nc(-n3nc(C)cc3C)n2)cc1. The molecule has 0 aliphatic heterocycles. The summed E-state index contributed by atoms with van der Waals surface area (Å²) in [5.41, 5.74) is 7.17. The first-order valence-corrected chi connectivity index (χ1v) is 10.0. The molecule has 0 aliphatic rings. The minimum atomic E-state index is -0.451. The molecule has 0 amide bonds. The van der Waals surface area contributed by atoms with E-state index in [0.717, 1.165) is 22.6 Å². The second-order valence-electron chi connectivity index (χ2n) is 7.33. The average Bonchev–Trinajstić information content (AvgIpc) is 3.13. The van der Waals surface area contributed by atoms with Crippen LogP contribution in [-0.2, 0) is 0 Å². The van der Waals surface area contributed by atoms with Gasteiger partial charge in [-0.2, -0.15) is 25.2 Å². The van der Waals surface area contributed by atoms with E-state index in [0.29, 0.717) is 17.5 Å². The Morgan fingerprint density at radius 1 is 0.970 bits per heavy atom. The number of nitrogens with one attached hydrogen (secondary N) is 2. The fourth-order valence-corrected chi connectivity index (χ4v) is 3.01. The van der Waals surface area contributed by atoms with Crippen molar-refractivity contribution in [3.8, 4) is 5.95 Å². The van der Waals surface area contributed by atoms with Crippen LogP contribution in [0.3, 0.4) is 0 Å².